The van der Waals surface area contributed by atoms with E-state index in [1.165, 1.54) is 23.9 Å². The lowest BCUT2D eigenvalue weighted by molar-refractivity contribution is -0.384. The monoisotopic (exact) mass is 516 g/mol. The first-order valence-electron chi connectivity index (χ1n) is 11.3. The molecule has 0 radical (unpaired) electrons. The maximum absolute atomic E-state index is 12.8. The summed E-state index contributed by atoms with van der Waals surface area (Å²) in [5.41, 5.74) is 3.04. The van der Waals surface area contributed by atoms with Crippen LogP contribution in [0.25, 0.3) is 11.4 Å². The Morgan fingerprint density at radius 1 is 1.00 bits per heavy atom. The van der Waals surface area contributed by atoms with E-state index in [-0.39, 0.29) is 17.5 Å². The van der Waals surface area contributed by atoms with E-state index in [2.05, 4.69) is 20.8 Å². The summed E-state index contributed by atoms with van der Waals surface area (Å²) < 4.78 is 1.78. The van der Waals surface area contributed by atoms with Crippen LogP contribution in [0.15, 0.2) is 78.0 Å². The number of benzene rings is 3. The van der Waals surface area contributed by atoms with Gasteiger partial charge in [0.25, 0.3) is 11.6 Å². The molecule has 188 valence electrons. The molecule has 1 atom stereocenters. The van der Waals surface area contributed by atoms with Gasteiger partial charge in [-0.3, -0.25) is 19.7 Å². The second-order valence-corrected chi connectivity index (χ2v) is 9.58. The first-order chi connectivity index (χ1) is 17.7. The number of anilines is 2. The SMILES string of the molecule is Cc1ccc([N+](=O)[O-])cc1NC(=O)[C@H](C)Sc1nnc(-c2ccc(NC(=O)c3ccccc3)cc2)n1C. The van der Waals surface area contributed by atoms with E-state index < -0.39 is 10.2 Å². The molecular formula is C26H24N6O4S. The molecule has 0 fully saturated rings. The predicted octanol–water partition coefficient (Wildman–Crippen LogP) is 5.07. The minimum atomic E-state index is -0.537. The number of rotatable bonds is 8. The van der Waals surface area contributed by atoms with Gasteiger partial charge in [0.1, 0.15) is 0 Å². The molecule has 0 saturated heterocycles. The summed E-state index contributed by atoms with van der Waals surface area (Å²) in [7, 11) is 1.80. The third-order valence-electron chi connectivity index (χ3n) is 5.61. The van der Waals surface area contributed by atoms with Gasteiger partial charge < -0.3 is 15.2 Å². The average Bonchev–Trinajstić information content (AvgIpc) is 3.25. The molecule has 2 N–H and O–H groups in total. The summed E-state index contributed by atoms with van der Waals surface area (Å²) in [6.45, 7) is 3.50. The molecule has 3 aromatic carbocycles. The number of nitro benzene ring substituents is 1. The zero-order chi connectivity index (χ0) is 26.5. The van der Waals surface area contributed by atoms with E-state index in [4.69, 9.17) is 0 Å². The third kappa shape index (κ3) is 6.01. The normalized spacial score (nSPS) is 11.5. The van der Waals surface area contributed by atoms with Gasteiger partial charge in [0.2, 0.25) is 5.91 Å². The highest BCUT2D eigenvalue weighted by Gasteiger charge is 2.21. The fourth-order valence-corrected chi connectivity index (χ4v) is 4.28. The van der Waals surface area contributed by atoms with Gasteiger partial charge in [-0.2, -0.15) is 0 Å². The quantitative estimate of drug-likeness (QED) is 0.190. The van der Waals surface area contributed by atoms with Crippen molar-refractivity contribution in [3.8, 4) is 11.4 Å². The van der Waals surface area contributed by atoms with E-state index in [0.29, 0.717) is 27.9 Å². The molecule has 11 heteroatoms. The van der Waals surface area contributed by atoms with Crippen molar-refractivity contribution >= 4 is 40.6 Å². The van der Waals surface area contributed by atoms with Crippen LogP contribution in [0, 0.1) is 17.0 Å². The number of hydrogen-bond donors (Lipinski definition) is 2. The molecule has 4 rings (SSSR count). The molecule has 2 amide bonds. The Bertz CT molecular complexity index is 1450. The van der Waals surface area contributed by atoms with Gasteiger partial charge in [-0.05, 0) is 55.8 Å². The molecule has 0 aliphatic rings. The largest absolute Gasteiger partial charge is 0.325 e. The van der Waals surface area contributed by atoms with Crippen LogP contribution in [-0.4, -0.2) is 36.8 Å². The van der Waals surface area contributed by atoms with Gasteiger partial charge in [-0.1, -0.05) is 36.0 Å². The maximum Gasteiger partial charge on any atom is 0.271 e. The van der Waals surface area contributed by atoms with Crippen LogP contribution in [0.3, 0.4) is 0 Å². The first-order valence-corrected chi connectivity index (χ1v) is 12.2. The number of hydrogen-bond acceptors (Lipinski definition) is 7. The van der Waals surface area contributed by atoms with Crippen LogP contribution in [0.2, 0.25) is 0 Å². The number of thioether (sulfide) groups is 1. The van der Waals surface area contributed by atoms with Crippen molar-refractivity contribution in [2.24, 2.45) is 7.05 Å². The number of nitrogens with zero attached hydrogens (tertiary/aromatic N) is 4. The number of carbonyl (C=O) groups excluding carboxylic acids is 2. The van der Waals surface area contributed by atoms with Crippen LogP contribution >= 0.6 is 11.8 Å². The van der Waals surface area contributed by atoms with Crippen molar-refractivity contribution < 1.29 is 14.5 Å². The molecule has 4 aromatic rings. The van der Waals surface area contributed by atoms with Gasteiger partial charge in [0, 0.05) is 36.0 Å². The van der Waals surface area contributed by atoms with Crippen molar-refractivity contribution in [1.82, 2.24) is 14.8 Å². The summed E-state index contributed by atoms with van der Waals surface area (Å²) in [6.07, 6.45) is 0. The van der Waals surface area contributed by atoms with E-state index in [1.54, 1.807) is 67.9 Å². The average molecular weight is 517 g/mol. The summed E-state index contributed by atoms with van der Waals surface area (Å²) >= 11 is 1.23. The lowest BCUT2D eigenvalue weighted by Gasteiger charge is -2.13. The van der Waals surface area contributed by atoms with E-state index in [9.17, 15) is 19.7 Å². The van der Waals surface area contributed by atoms with Gasteiger partial charge in [-0.15, -0.1) is 10.2 Å². The summed E-state index contributed by atoms with van der Waals surface area (Å²) in [5.74, 6) is 0.0977. The smallest absolute Gasteiger partial charge is 0.271 e. The second kappa shape index (κ2) is 11.0. The molecule has 0 aliphatic carbocycles. The van der Waals surface area contributed by atoms with Crippen molar-refractivity contribution in [3.63, 3.8) is 0 Å². The highest BCUT2D eigenvalue weighted by atomic mass is 32.2. The highest BCUT2D eigenvalue weighted by Crippen LogP contribution is 2.28. The van der Waals surface area contributed by atoms with Crippen LogP contribution in [0.5, 0.6) is 0 Å². The van der Waals surface area contributed by atoms with E-state index >= 15 is 0 Å². The first kappa shape index (κ1) is 25.6. The Hall–Kier alpha value is -4.51. The van der Waals surface area contributed by atoms with Crippen LogP contribution in [0.4, 0.5) is 17.1 Å². The Kier molecular flexibility index (Phi) is 7.63. The second-order valence-electron chi connectivity index (χ2n) is 8.27. The Morgan fingerprint density at radius 3 is 2.38 bits per heavy atom. The number of aromatic nitrogens is 3. The minimum Gasteiger partial charge on any atom is -0.325 e. The van der Waals surface area contributed by atoms with Crippen LogP contribution < -0.4 is 10.6 Å². The Labute approximate surface area is 217 Å². The lowest BCUT2D eigenvalue weighted by atomic mass is 10.1. The van der Waals surface area contributed by atoms with Crippen molar-refractivity contribution in [3.05, 3.63) is 94.0 Å². The number of amides is 2. The molecular weight excluding hydrogens is 492 g/mol. The minimum absolute atomic E-state index is 0.0928. The topological polar surface area (TPSA) is 132 Å². The molecule has 1 heterocycles. The summed E-state index contributed by atoms with van der Waals surface area (Å²) in [6, 6.07) is 20.5. The predicted molar refractivity (Wildman–Crippen MR) is 143 cm³/mol. The molecule has 0 spiro atoms. The molecule has 1 aromatic heterocycles. The van der Waals surface area contributed by atoms with Crippen molar-refractivity contribution in [2.45, 2.75) is 24.3 Å². The standard InChI is InChI=1S/C26H24N6O4S/c1-16-9-14-21(32(35)36)15-22(16)28-24(33)17(2)37-26-30-29-23(31(26)3)18-10-12-20(13-11-18)27-25(34)19-7-5-4-6-8-19/h4-15,17H,1-3H3,(H,27,34)(H,28,33)/t17-/m0/s1. The van der Waals surface area contributed by atoms with Gasteiger partial charge >= 0.3 is 0 Å². The van der Waals surface area contributed by atoms with Crippen LogP contribution in [-0.2, 0) is 11.8 Å². The maximum atomic E-state index is 12.8. The highest BCUT2D eigenvalue weighted by molar-refractivity contribution is 8.00. The zero-order valence-corrected chi connectivity index (χ0v) is 21.2. The Morgan fingerprint density at radius 2 is 1.70 bits per heavy atom. The molecule has 0 saturated carbocycles. The van der Waals surface area contributed by atoms with Crippen LogP contribution in [0.1, 0.15) is 22.8 Å². The van der Waals surface area contributed by atoms with Crippen molar-refractivity contribution in [2.75, 3.05) is 10.6 Å². The number of aryl methyl sites for hydroxylation is 1. The number of non-ortho nitro benzene ring substituents is 1. The van der Waals surface area contributed by atoms with Gasteiger partial charge in [0.15, 0.2) is 11.0 Å². The fraction of sp³-hybridized carbons (Fsp3) is 0.154. The van der Waals surface area contributed by atoms with E-state index in [1.807, 2.05) is 18.2 Å². The van der Waals surface area contributed by atoms with Crippen molar-refractivity contribution in [1.29, 1.82) is 0 Å². The molecule has 37 heavy (non-hydrogen) atoms. The summed E-state index contributed by atoms with van der Waals surface area (Å²) in [4.78, 5) is 35.7. The number of carbonyl (C=O) groups is 2. The summed E-state index contributed by atoms with van der Waals surface area (Å²) in [5, 5.41) is 25.2. The van der Waals surface area contributed by atoms with E-state index in [0.717, 1.165) is 11.1 Å². The fourth-order valence-electron chi connectivity index (χ4n) is 3.47. The number of nitro groups is 1. The van der Waals surface area contributed by atoms with Gasteiger partial charge in [0.05, 0.1) is 15.9 Å². The molecule has 10 nitrogen and oxygen atoms in total. The number of nitrogens with one attached hydrogen (secondary N) is 2. The third-order valence-corrected chi connectivity index (χ3v) is 6.75. The molecule has 0 unspecified atom stereocenters. The lowest BCUT2D eigenvalue weighted by Crippen LogP contribution is -2.23. The van der Waals surface area contributed by atoms with Gasteiger partial charge in [-0.25, -0.2) is 0 Å². The Balaban J connectivity index is 1.41. The molecule has 0 aliphatic heterocycles. The zero-order valence-electron chi connectivity index (χ0n) is 20.3. The molecule has 0 bridgehead atoms.